The van der Waals surface area contributed by atoms with E-state index in [-0.39, 0.29) is 5.95 Å². The molecule has 1 aromatic heterocycles. The number of hydrazine groups is 1. The van der Waals surface area contributed by atoms with Gasteiger partial charge in [0.05, 0.1) is 0 Å². The number of hydrogen-bond acceptors (Lipinski definition) is 6. The Labute approximate surface area is 95.0 Å². The number of aromatic nitrogens is 2. The van der Waals surface area contributed by atoms with E-state index in [9.17, 15) is 0 Å². The minimum atomic E-state index is 0.236. The predicted octanol–water partition coefficient (Wildman–Crippen LogP) is 0.579. The van der Waals surface area contributed by atoms with Crippen LogP contribution in [0.15, 0.2) is 6.07 Å². The Bertz CT molecular complexity index is 376. The molecule has 1 fully saturated rings. The van der Waals surface area contributed by atoms with Crippen molar-refractivity contribution in [3.05, 3.63) is 6.07 Å². The molecule has 88 valence electrons. The molecule has 2 rings (SSSR count). The van der Waals surface area contributed by atoms with Crippen molar-refractivity contribution in [1.29, 1.82) is 0 Å². The number of rotatable bonds is 4. The number of anilines is 3. The number of nitrogens with two attached hydrogens (primary N) is 2. The summed E-state index contributed by atoms with van der Waals surface area (Å²) < 4.78 is 0. The maximum Gasteiger partial charge on any atom is 0.223 e. The first-order chi connectivity index (χ1) is 7.61. The zero-order valence-corrected chi connectivity index (χ0v) is 9.64. The second kappa shape index (κ2) is 4.13. The second-order valence-electron chi connectivity index (χ2n) is 4.30. The molecule has 0 spiro atoms. The van der Waals surface area contributed by atoms with Gasteiger partial charge in [-0.1, -0.05) is 0 Å². The highest BCUT2D eigenvalue weighted by molar-refractivity contribution is 5.52. The van der Waals surface area contributed by atoms with Crippen molar-refractivity contribution in [2.24, 2.45) is 11.8 Å². The van der Waals surface area contributed by atoms with Crippen molar-refractivity contribution >= 4 is 17.6 Å². The fourth-order valence-electron chi connectivity index (χ4n) is 1.81. The third-order valence-corrected chi connectivity index (χ3v) is 3.15. The zero-order chi connectivity index (χ0) is 11.7. The summed E-state index contributed by atoms with van der Waals surface area (Å²) in [5, 5.41) is 0. The molecule has 5 N–H and O–H groups in total. The molecule has 0 amide bonds. The smallest absolute Gasteiger partial charge is 0.223 e. The highest BCUT2D eigenvalue weighted by Crippen LogP contribution is 2.36. The van der Waals surface area contributed by atoms with Gasteiger partial charge in [-0.25, -0.2) is 5.84 Å². The van der Waals surface area contributed by atoms with Gasteiger partial charge < -0.3 is 16.1 Å². The molecule has 6 heteroatoms. The molecule has 0 aliphatic heterocycles. The third kappa shape index (κ3) is 2.16. The first-order valence-corrected chi connectivity index (χ1v) is 5.46. The summed E-state index contributed by atoms with van der Waals surface area (Å²) in [6.07, 6.45) is 2.60. The summed E-state index contributed by atoms with van der Waals surface area (Å²) in [5.41, 5.74) is 8.11. The number of nitrogens with zero attached hydrogens (tertiary/aromatic N) is 3. The molecule has 0 radical (unpaired) electrons. The molecule has 1 atom stereocenters. The van der Waals surface area contributed by atoms with Crippen LogP contribution in [0, 0.1) is 5.92 Å². The zero-order valence-electron chi connectivity index (χ0n) is 9.64. The highest BCUT2D eigenvalue weighted by atomic mass is 15.3. The van der Waals surface area contributed by atoms with E-state index in [1.807, 2.05) is 7.05 Å². The molecule has 1 aliphatic carbocycles. The molecule has 1 saturated carbocycles. The van der Waals surface area contributed by atoms with Gasteiger partial charge in [0.1, 0.15) is 11.6 Å². The molecular weight excluding hydrogens is 204 g/mol. The van der Waals surface area contributed by atoms with Crippen LogP contribution in [-0.2, 0) is 0 Å². The number of nitrogens with one attached hydrogen (secondary N) is 1. The van der Waals surface area contributed by atoms with Crippen LogP contribution < -0.4 is 21.9 Å². The van der Waals surface area contributed by atoms with Crippen LogP contribution >= 0.6 is 0 Å². The lowest BCUT2D eigenvalue weighted by atomic mass is 10.2. The maximum atomic E-state index is 5.62. The molecule has 1 unspecified atom stereocenters. The first kappa shape index (κ1) is 10.9. The summed E-state index contributed by atoms with van der Waals surface area (Å²) in [4.78, 5) is 10.3. The Kier molecular flexibility index (Phi) is 2.82. The summed E-state index contributed by atoms with van der Waals surface area (Å²) in [7, 11) is 2.02. The van der Waals surface area contributed by atoms with E-state index >= 15 is 0 Å². The Morgan fingerprint density at radius 2 is 2.19 bits per heavy atom. The van der Waals surface area contributed by atoms with E-state index in [1.54, 1.807) is 6.07 Å². The molecular formula is C10H18N6. The fourth-order valence-corrected chi connectivity index (χ4v) is 1.81. The van der Waals surface area contributed by atoms with Gasteiger partial charge in [0, 0.05) is 19.2 Å². The highest BCUT2D eigenvalue weighted by Gasteiger charge is 2.31. The Morgan fingerprint density at radius 1 is 1.50 bits per heavy atom. The van der Waals surface area contributed by atoms with Crippen molar-refractivity contribution in [3.63, 3.8) is 0 Å². The maximum absolute atomic E-state index is 5.62. The van der Waals surface area contributed by atoms with Gasteiger partial charge in [0.2, 0.25) is 5.95 Å². The van der Waals surface area contributed by atoms with E-state index in [2.05, 4.69) is 27.2 Å². The van der Waals surface area contributed by atoms with Crippen LogP contribution in [0.2, 0.25) is 0 Å². The average molecular weight is 222 g/mol. The van der Waals surface area contributed by atoms with Crippen LogP contribution in [0.1, 0.15) is 19.8 Å². The summed E-state index contributed by atoms with van der Waals surface area (Å²) >= 11 is 0. The minimum absolute atomic E-state index is 0.236. The second-order valence-corrected chi connectivity index (χ2v) is 4.30. The van der Waals surface area contributed by atoms with Gasteiger partial charge in [0.25, 0.3) is 0 Å². The van der Waals surface area contributed by atoms with Gasteiger partial charge in [-0.2, -0.15) is 9.97 Å². The first-order valence-electron chi connectivity index (χ1n) is 5.46. The Hall–Kier alpha value is -1.56. The van der Waals surface area contributed by atoms with Crippen molar-refractivity contribution in [3.8, 4) is 0 Å². The van der Waals surface area contributed by atoms with E-state index in [4.69, 9.17) is 11.6 Å². The van der Waals surface area contributed by atoms with Gasteiger partial charge >= 0.3 is 0 Å². The molecule has 6 nitrogen and oxygen atoms in total. The molecule has 1 aromatic rings. The van der Waals surface area contributed by atoms with Crippen molar-refractivity contribution in [2.75, 3.05) is 23.1 Å². The molecule has 0 saturated heterocycles. The van der Waals surface area contributed by atoms with Crippen LogP contribution in [0.3, 0.4) is 0 Å². The average Bonchev–Trinajstić information content (AvgIpc) is 3.10. The van der Waals surface area contributed by atoms with Crippen LogP contribution in [0.25, 0.3) is 0 Å². The van der Waals surface area contributed by atoms with Gasteiger partial charge in [0.15, 0.2) is 0 Å². The van der Waals surface area contributed by atoms with Crippen molar-refractivity contribution in [1.82, 2.24) is 9.97 Å². The van der Waals surface area contributed by atoms with Crippen molar-refractivity contribution in [2.45, 2.75) is 25.8 Å². The molecule has 1 heterocycles. The summed E-state index contributed by atoms with van der Waals surface area (Å²) in [6, 6.07) is 2.27. The molecule has 0 aromatic carbocycles. The quantitative estimate of drug-likeness (QED) is 0.509. The van der Waals surface area contributed by atoms with Crippen molar-refractivity contribution < 1.29 is 0 Å². The third-order valence-electron chi connectivity index (χ3n) is 3.15. The summed E-state index contributed by atoms with van der Waals surface area (Å²) in [6.45, 7) is 2.20. The van der Waals surface area contributed by atoms with E-state index in [0.29, 0.717) is 11.9 Å². The Morgan fingerprint density at radius 3 is 2.75 bits per heavy atom. The van der Waals surface area contributed by atoms with E-state index in [1.165, 1.54) is 12.8 Å². The van der Waals surface area contributed by atoms with Gasteiger partial charge in [-0.05, 0) is 25.7 Å². The lowest BCUT2D eigenvalue weighted by Crippen LogP contribution is -2.31. The van der Waals surface area contributed by atoms with Crippen LogP contribution in [0.5, 0.6) is 0 Å². The molecule has 16 heavy (non-hydrogen) atoms. The minimum Gasteiger partial charge on any atom is -0.368 e. The standard InChI is InChI=1S/C10H18N6/c1-6(7-3-4-7)16(2)9-5-8(15-12)13-10(11)14-9/h5-7H,3-4,12H2,1-2H3,(H3,11,13,14,15). The topological polar surface area (TPSA) is 93.1 Å². The lowest BCUT2D eigenvalue weighted by molar-refractivity contribution is 0.604. The van der Waals surface area contributed by atoms with E-state index in [0.717, 1.165) is 11.7 Å². The lowest BCUT2D eigenvalue weighted by Gasteiger charge is -2.26. The van der Waals surface area contributed by atoms with Crippen LogP contribution in [0.4, 0.5) is 17.6 Å². The number of nitrogen functional groups attached to an aromatic ring is 2. The fraction of sp³-hybridized carbons (Fsp3) is 0.600. The number of hydrogen-bond donors (Lipinski definition) is 3. The normalized spacial score (nSPS) is 16.9. The SMILES string of the molecule is CC(C1CC1)N(C)c1cc(NN)nc(N)n1. The van der Waals surface area contributed by atoms with Crippen LogP contribution in [-0.4, -0.2) is 23.1 Å². The molecule has 0 bridgehead atoms. The van der Waals surface area contributed by atoms with Gasteiger partial charge in [-0.3, -0.25) is 0 Å². The largest absolute Gasteiger partial charge is 0.368 e. The Balaban J connectivity index is 2.20. The predicted molar refractivity (Wildman–Crippen MR) is 64.8 cm³/mol. The van der Waals surface area contributed by atoms with Gasteiger partial charge in [-0.15, -0.1) is 0 Å². The monoisotopic (exact) mass is 222 g/mol. The summed E-state index contributed by atoms with van der Waals surface area (Å²) in [5.74, 6) is 7.68. The molecule has 1 aliphatic rings. The van der Waals surface area contributed by atoms with E-state index < -0.39 is 0 Å².